The van der Waals surface area contributed by atoms with Crippen LogP contribution in [0.5, 0.6) is 23.0 Å². The molecule has 48 heavy (non-hydrogen) atoms. The topological polar surface area (TPSA) is 295 Å². The summed E-state index contributed by atoms with van der Waals surface area (Å²) in [5.74, 6) is -3.18. The molecule has 0 aliphatic carbocycles. The van der Waals surface area contributed by atoms with Gasteiger partial charge in [-0.1, -0.05) is 0 Å². The quantitative estimate of drug-likeness (QED) is 0.0701. The van der Waals surface area contributed by atoms with Gasteiger partial charge in [-0.3, -0.25) is 9.59 Å². The summed E-state index contributed by atoms with van der Waals surface area (Å²) >= 11 is 0. The van der Waals surface area contributed by atoms with Crippen LogP contribution in [-0.2, 0) is 28.5 Å². The second-order valence-electron chi connectivity index (χ2n) is 11.2. The highest BCUT2D eigenvalue weighted by atomic mass is 16.7. The molecule has 0 aromatic heterocycles. The molecule has 0 spiro atoms. The molecule has 3 aliphatic heterocycles. The van der Waals surface area contributed by atoms with Gasteiger partial charge in [-0.05, 0) is 24.3 Å². The molecule has 5 rings (SSSR count). The van der Waals surface area contributed by atoms with E-state index in [9.17, 15) is 55.5 Å². The van der Waals surface area contributed by atoms with Gasteiger partial charge in [0.2, 0.25) is 12.6 Å². The van der Waals surface area contributed by atoms with Gasteiger partial charge in [-0.25, -0.2) is 0 Å². The standard InChI is InChI=1S/C30H34O18/c31-9-18-22(37)24(39)26(41)30(47-18)46-17-7-14-15(44-28(17)11-1-3-12(32)4-2-11)5-13(33)6-16(14)45-29-27(42)25(40)23(38)19(48-29)10-43-21(36)8-20(34)35/h1-7,18-19,22-33,37-42H,8-10H2,(H,34,35)/p+1/t18-,19-,22-,23-,24+,25+,26-,27-,28?,29-,30-/m1/s1. The lowest BCUT2D eigenvalue weighted by Gasteiger charge is -2.41. The molecule has 2 aromatic rings. The van der Waals surface area contributed by atoms with Crippen molar-refractivity contribution in [1.29, 1.82) is 0 Å². The summed E-state index contributed by atoms with van der Waals surface area (Å²) in [5.41, 5.74) is 0.548. The molecule has 3 aliphatic rings. The van der Waals surface area contributed by atoms with Gasteiger partial charge in [-0.15, -0.1) is 0 Å². The normalized spacial score (nSPS) is 33.1. The number of aliphatic hydroxyl groups is 8. The number of benzene rings is 2. The molecule has 2 saturated heterocycles. The number of phenols is 2. The third kappa shape index (κ3) is 7.41. The number of aliphatic hydroxyl groups excluding tert-OH is 7. The summed E-state index contributed by atoms with van der Waals surface area (Å²) in [5, 5.41) is 101. The average Bonchev–Trinajstić information content (AvgIpc) is 3.04. The van der Waals surface area contributed by atoms with Crippen LogP contribution in [0.25, 0.3) is 6.08 Å². The number of carbonyl (C=O) groups excluding carboxylic acids is 1. The van der Waals surface area contributed by atoms with E-state index >= 15 is 0 Å². The Morgan fingerprint density at radius 1 is 0.771 bits per heavy atom. The van der Waals surface area contributed by atoms with E-state index in [4.69, 9.17) is 28.8 Å². The van der Waals surface area contributed by atoms with Crippen LogP contribution in [0.3, 0.4) is 0 Å². The number of carboxylic acids is 1. The van der Waals surface area contributed by atoms with E-state index in [1.54, 1.807) is 0 Å². The zero-order valence-corrected chi connectivity index (χ0v) is 24.8. The third-order valence-electron chi connectivity index (χ3n) is 7.85. The number of rotatable bonds is 10. The number of aromatic hydroxyl groups is 3. The van der Waals surface area contributed by atoms with Gasteiger partial charge >= 0.3 is 11.9 Å². The number of hydrogen-bond donors (Lipinski definition) is 10. The Kier molecular flexibility index (Phi) is 10.6. The molecule has 1 unspecified atom stereocenters. The number of hydrogen-bond acceptors (Lipinski definition) is 16. The lowest BCUT2D eigenvalue weighted by molar-refractivity contribution is -0.295. The molecular formula is C30H35O18+. The molecule has 18 nitrogen and oxygen atoms in total. The third-order valence-corrected chi connectivity index (χ3v) is 7.85. The van der Waals surface area contributed by atoms with Gasteiger partial charge in [0.15, 0.2) is 5.76 Å². The Balaban J connectivity index is 1.46. The Morgan fingerprint density at radius 3 is 2.00 bits per heavy atom. The van der Waals surface area contributed by atoms with Crippen molar-refractivity contribution >= 4 is 18.0 Å². The fourth-order valence-corrected chi connectivity index (χ4v) is 5.29. The maximum absolute atomic E-state index is 11.7. The number of carbonyl (C=O) groups is 2. The summed E-state index contributed by atoms with van der Waals surface area (Å²) in [6, 6.07) is 8.15. The van der Waals surface area contributed by atoms with Crippen molar-refractivity contribution in [3.8, 4) is 23.0 Å². The van der Waals surface area contributed by atoms with Crippen molar-refractivity contribution in [3.63, 3.8) is 0 Å². The van der Waals surface area contributed by atoms with Crippen molar-refractivity contribution in [2.45, 2.75) is 73.9 Å². The van der Waals surface area contributed by atoms with Crippen LogP contribution < -0.4 is 4.74 Å². The predicted octanol–water partition coefficient (Wildman–Crippen LogP) is -2.54. The summed E-state index contributed by atoms with van der Waals surface area (Å²) in [4.78, 5) is 22.5. The molecule has 2 fully saturated rings. The van der Waals surface area contributed by atoms with E-state index in [1.165, 1.54) is 36.4 Å². The minimum Gasteiger partial charge on any atom is -0.571 e. The van der Waals surface area contributed by atoms with Crippen LogP contribution in [0.4, 0.5) is 0 Å². The molecule has 0 radical (unpaired) electrons. The zero-order chi connectivity index (χ0) is 34.9. The van der Waals surface area contributed by atoms with E-state index in [0.29, 0.717) is 5.56 Å². The second-order valence-corrected chi connectivity index (χ2v) is 11.2. The first-order valence-electron chi connectivity index (χ1n) is 14.6. The molecule has 18 heteroatoms. The maximum Gasteiger partial charge on any atom is 0.317 e. The molecule has 3 heterocycles. The number of esters is 1. The van der Waals surface area contributed by atoms with Gasteiger partial charge < -0.3 is 79.5 Å². The van der Waals surface area contributed by atoms with Gasteiger partial charge in [-0.2, -0.15) is 0 Å². The van der Waals surface area contributed by atoms with Crippen molar-refractivity contribution in [2.24, 2.45) is 0 Å². The Morgan fingerprint density at radius 2 is 1.38 bits per heavy atom. The SMILES string of the molecule is O=C(O)CC(=O)OC[C@H]1O[C@@H](Oc2cc(O)cc3c2C=C(O[C@@H]2O[C@H](CO)[C@@H](O)[C@H](O)[C@H]2O)C(c2ccc(O)cc2)[OH+]3)[C@H](O)[C@@H](O)[C@@H]1O. The first kappa shape index (κ1) is 35.1. The number of fused-ring (bicyclic) bond motifs is 1. The van der Waals surface area contributed by atoms with Crippen LogP contribution >= 0.6 is 0 Å². The number of ether oxygens (including phenoxy) is 6. The van der Waals surface area contributed by atoms with Crippen molar-refractivity contribution < 1.29 is 89.1 Å². The number of carboxylic acid groups (broad SMARTS) is 1. The van der Waals surface area contributed by atoms with E-state index in [-0.39, 0.29) is 34.3 Å². The first-order valence-corrected chi connectivity index (χ1v) is 14.6. The van der Waals surface area contributed by atoms with Crippen LogP contribution in [0, 0.1) is 0 Å². The Labute approximate surface area is 270 Å². The molecular weight excluding hydrogens is 648 g/mol. The lowest BCUT2D eigenvalue weighted by Crippen LogP contribution is -2.60. The molecule has 262 valence electrons. The summed E-state index contributed by atoms with van der Waals surface area (Å²) in [6.07, 6.45) is -17.6. The maximum atomic E-state index is 11.7. The Bertz CT molecular complexity index is 1490. The van der Waals surface area contributed by atoms with Gasteiger partial charge in [0.05, 0.1) is 18.2 Å². The van der Waals surface area contributed by atoms with E-state index in [2.05, 4.69) is 4.74 Å². The summed E-state index contributed by atoms with van der Waals surface area (Å²) in [7, 11) is 0. The van der Waals surface area contributed by atoms with Gasteiger partial charge in [0.1, 0.15) is 84.7 Å². The number of aliphatic carboxylic acids is 1. The summed E-state index contributed by atoms with van der Waals surface area (Å²) in [6.45, 7) is -1.44. The molecule has 2 aromatic carbocycles. The average molecular weight is 684 g/mol. The van der Waals surface area contributed by atoms with Crippen molar-refractivity contribution in [2.75, 3.05) is 13.2 Å². The molecule has 11 N–H and O–H groups in total. The van der Waals surface area contributed by atoms with Crippen molar-refractivity contribution in [3.05, 3.63) is 53.3 Å². The summed E-state index contributed by atoms with van der Waals surface area (Å²) < 4.78 is 32.3. The Hall–Kier alpha value is -4.24. The van der Waals surface area contributed by atoms with Crippen LogP contribution in [0.15, 0.2) is 42.2 Å². The molecule has 11 atom stereocenters. The van der Waals surface area contributed by atoms with Crippen LogP contribution in [0.2, 0.25) is 0 Å². The van der Waals surface area contributed by atoms with Crippen LogP contribution in [0.1, 0.15) is 23.7 Å². The second kappa shape index (κ2) is 14.5. The largest absolute Gasteiger partial charge is 0.571 e. The minimum atomic E-state index is -1.89. The predicted molar refractivity (Wildman–Crippen MR) is 154 cm³/mol. The van der Waals surface area contributed by atoms with E-state index in [1.807, 2.05) is 0 Å². The van der Waals surface area contributed by atoms with Crippen LogP contribution in [-0.4, -0.2) is 142 Å². The van der Waals surface area contributed by atoms with Crippen molar-refractivity contribution in [1.82, 2.24) is 0 Å². The van der Waals surface area contributed by atoms with Gasteiger partial charge in [0, 0.05) is 12.1 Å². The molecule has 0 bridgehead atoms. The highest BCUT2D eigenvalue weighted by molar-refractivity contribution is 5.90. The minimum absolute atomic E-state index is 0.0446. The van der Waals surface area contributed by atoms with Gasteiger partial charge in [0.25, 0.3) is 11.9 Å². The van der Waals surface area contributed by atoms with E-state index < -0.39 is 99.1 Å². The van der Waals surface area contributed by atoms with E-state index in [0.717, 1.165) is 6.07 Å². The lowest BCUT2D eigenvalue weighted by atomic mass is 9.98. The monoisotopic (exact) mass is 683 g/mol. The molecule has 0 amide bonds. The first-order chi connectivity index (χ1) is 22.8. The number of phenolic OH excluding ortho intramolecular Hbond substituents is 2. The fraction of sp³-hybridized carbons (Fsp3) is 0.467. The fourth-order valence-electron chi connectivity index (χ4n) is 5.29. The molecule has 0 saturated carbocycles. The smallest absolute Gasteiger partial charge is 0.317 e. The highest BCUT2D eigenvalue weighted by Gasteiger charge is 2.48. The zero-order valence-electron chi connectivity index (χ0n) is 24.8. The highest BCUT2D eigenvalue weighted by Crippen LogP contribution is 2.46.